The third-order valence-corrected chi connectivity index (χ3v) is 10.1. The number of likely N-dealkylation sites (N-methyl/N-ethyl adjacent to an activating group) is 1. The summed E-state index contributed by atoms with van der Waals surface area (Å²) in [4.78, 5) is 17.7. The number of nitrogens with zero attached hydrogens (tertiary/aromatic N) is 2. The maximum atomic E-state index is 13.4. The Balaban J connectivity index is 1.24. The highest BCUT2D eigenvalue weighted by molar-refractivity contribution is 5.92. The van der Waals surface area contributed by atoms with E-state index in [9.17, 15) is 15.0 Å². The molecule has 3 fully saturated rings. The summed E-state index contributed by atoms with van der Waals surface area (Å²) in [6.45, 7) is 4.02. The number of piperidine rings is 1. The molecule has 7 rings (SSSR count). The number of likely N-dealkylation sites (tertiary alicyclic amines) is 1. The standard InChI is InChI=1S/C31H36N2O4/c1-19-3-5-20(6-4-19)9-12-26(35)32(2)23-13-14-31(36)25-17-22-10-11-24(34)28-27(22)30(31,29(23)37-28)15-16-33(25)18-21-7-8-21/h3-6,9-12,21,23,25,29,34,36H,7-8,13-18H2,1-2H3/b12-9+/t23?,25-,29?,30+,31-/m1/s1. The molecule has 5 atom stereocenters. The molecule has 1 spiro atoms. The van der Waals surface area contributed by atoms with E-state index in [1.165, 1.54) is 24.0 Å². The van der Waals surface area contributed by atoms with Gasteiger partial charge in [0.2, 0.25) is 5.91 Å². The summed E-state index contributed by atoms with van der Waals surface area (Å²) in [7, 11) is 1.85. The summed E-state index contributed by atoms with van der Waals surface area (Å²) >= 11 is 0. The van der Waals surface area contributed by atoms with E-state index in [1.54, 1.807) is 17.0 Å². The number of phenols is 1. The minimum Gasteiger partial charge on any atom is -0.504 e. The SMILES string of the molecule is Cc1ccc(/C=C/C(=O)N(C)C2CC[C@@]3(O)[C@H]4Cc5ccc(O)c6c5[C@@]3(CCN4CC3CC3)C2O6)cc1. The lowest BCUT2D eigenvalue weighted by molar-refractivity contribution is -0.200. The van der Waals surface area contributed by atoms with Crippen LogP contribution in [0.3, 0.4) is 0 Å². The molecule has 5 aliphatic rings. The summed E-state index contributed by atoms with van der Waals surface area (Å²) in [5.74, 6) is 1.34. The first kappa shape index (κ1) is 23.3. The number of phenolic OH excluding ortho intramolecular Hbond substituents is 1. The molecule has 194 valence electrons. The van der Waals surface area contributed by atoms with Gasteiger partial charge in [0.25, 0.3) is 0 Å². The summed E-state index contributed by atoms with van der Waals surface area (Å²) < 4.78 is 6.62. The second-order valence-electron chi connectivity index (χ2n) is 12.1. The number of aryl methyl sites for hydroxylation is 1. The van der Waals surface area contributed by atoms with E-state index in [2.05, 4.69) is 4.90 Å². The van der Waals surface area contributed by atoms with Crippen molar-refractivity contribution in [2.75, 3.05) is 20.1 Å². The van der Waals surface area contributed by atoms with E-state index in [0.717, 1.165) is 43.0 Å². The van der Waals surface area contributed by atoms with Crippen LogP contribution in [0.4, 0.5) is 0 Å². The van der Waals surface area contributed by atoms with Crippen LogP contribution < -0.4 is 4.74 Å². The van der Waals surface area contributed by atoms with Gasteiger partial charge in [0.05, 0.1) is 17.1 Å². The molecule has 2 unspecified atom stereocenters. The molecule has 6 heteroatoms. The Kier molecular flexibility index (Phi) is 5.09. The molecule has 3 aliphatic carbocycles. The zero-order chi connectivity index (χ0) is 25.5. The van der Waals surface area contributed by atoms with Gasteiger partial charge in [0, 0.05) is 31.3 Å². The van der Waals surface area contributed by atoms with E-state index < -0.39 is 11.0 Å². The van der Waals surface area contributed by atoms with Crippen molar-refractivity contribution in [2.45, 2.75) is 74.7 Å². The van der Waals surface area contributed by atoms with Crippen molar-refractivity contribution in [1.29, 1.82) is 0 Å². The van der Waals surface area contributed by atoms with Crippen LogP contribution in [0.25, 0.3) is 6.08 Å². The zero-order valence-corrected chi connectivity index (χ0v) is 21.7. The van der Waals surface area contributed by atoms with Crippen LogP contribution in [0.1, 0.15) is 54.4 Å². The van der Waals surface area contributed by atoms with Gasteiger partial charge in [0.15, 0.2) is 11.5 Å². The third kappa shape index (κ3) is 3.28. The third-order valence-electron chi connectivity index (χ3n) is 10.1. The number of carbonyl (C=O) groups is 1. The van der Waals surface area contributed by atoms with Crippen molar-refractivity contribution in [3.63, 3.8) is 0 Å². The summed E-state index contributed by atoms with van der Waals surface area (Å²) in [6, 6.07) is 11.7. The lowest BCUT2D eigenvalue weighted by atomic mass is 9.48. The van der Waals surface area contributed by atoms with E-state index in [1.807, 2.05) is 50.4 Å². The molecule has 2 aromatic rings. The number of hydrogen-bond acceptors (Lipinski definition) is 5. The van der Waals surface area contributed by atoms with E-state index in [4.69, 9.17) is 4.74 Å². The van der Waals surface area contributed by atoms with Gasteiger partial charge < -0.3 is 19.8 Å². The molecule has 1 saturated heterocycles. The van der Waals surface area contributed by atoms with E-state index in [-0.39, 0.29) is 29.8 Å². The summed E-state index contributed by atoms with van der Waals surface area (Å²) in [6.07, 6.45) is 8.53. The fraction of sp³-hybridized carbons (Fsp3) is 0.516. The Bertz CT molecular complexity index is 1280. The van der Waals surface area contributed by atoms with Crippen molar-refractivity contribution in [3.05, 3.63) is 64.7 Å². The molecule has 2 saturated carbocycles. The predicted octanol–water partition coefficient (Wildman–Crippen LogP) is 3.81. The number of aromatic hydroxyl groups is 1. The Morgan fingerprint density at radius 2 is 1.95 bits per heavy atom. The molecule has 2 aliphatic heterocycles. The molecule has 37 heavy (non-hydrogen) atoms. The second-order valence-corrected chi connectivity index (χ2v) is 12.1. The molecular formula is C31H36N2O4. The number of aliphatic hydroxyl groups is 1. The van der Waals surface area contributed by atoms with Gasteiger partial charge in [-0.2, -0.15) is 0 Å². The van der Waals surface area contributed by atoms with Crippen LogP contribution in [-0.4, -0.2) is 69.8 Å². The number of hydrogen-bond donors (Lipinski definition) is 2. The molecule has 0 aromatic heterocycles. The predicted molar refractivity (Wildman–Crippen MR) is 142 cm³/mol. The molecule has 2 heterocycles. The molecule has 6 nitrogen and oxygen atoms in total. The second kappa shape index (κ2) is 8.08. The van der Waals surface area contributed by atoms with Gasteiger partial charge in [0.1, 0.15) is 6.10 Å². The van der Waals surface area contributed by atoms with Gasteiger partial charge in [-0.25, -0.2) is 0 Å². The van der Waals surface area contributed by atoms with Crippen LogP contribution in [0.2, 0.25) is 0 Å². The highest BCUT2D eigenvalue weighted by Gasteiger charge is 2.73. The quantitative estimate of drug-likeness (QED) is 0.611. The maximum Gasteiger partial charge on any atom is 0.246 e. The topological polar surface area (TPSA) is 73.2 Å². The van der Waals surface area contributed by atoms with Crippen LogP contribution >= 0.6 is 0 Å². The number of carbonyl (C=O) groups excluding carboxylic acids is 1. The monoisotopic (exact) mass is 500 g/mol. The van der Waals surface area contributed by atoms with Crippen LogP contribution in [-0.2, 0) is 16.6 Å². The normalized spacial score (nSPS) is 33.8. The minimum absolute atomic E-state index is 0.0410. The molecule has 2 N–H and O–H groups in total. The number of amides is 1. The van der Waals surface area contributed by atoms with Crippen LogP contribution in [0.15, 0.2) is 42.5 Å². The highest BCUT2D eigenvalue weighted by atomic mass is 16.5. The van der Waals surface area contributed by atoms with Gasteiger partial charge in [-0.05, 0) is 81.2 Å². The summed E-state index contributed by atoms with van der Waals surface area (Å²) in [5.41, 5.74) is 2.81. The smallest absolute Gasteiger partial charge is 0.246 e. The largest absolute Gasteiger partial charge is 0.504 e. The molecule has 2 aromatic carbocycles. The minimum atomic E-state index is -0.936. The lowest BCUT2D eigenvalue weighted by Crippen LogP contribution is -2.78. The van der Waals surface area contributed by atoms with Crippen molar-refractivity contribution < 1.29 is 19.7 Å². The van der Waals surface area contributed by atoms with Crippen molar-refractivity contribution in [2.24, 2.45) is 5.92 Å². The fourth-order valence-electron chi connectivity index (χ4n) is 7.98. The first-order valence-electron chi connectivity index (χ1n) is 13.8. The Morgan fingerprint density at radius 1 is 1.16 bits per heavy atom. The van der Waals surface area contributed by atoms with Crippen LogP contribution in [0.5, 0.6) is 11.5 Å². The Labute approximate surface area is 218 Å². The van der Waals surface area contributed by atoms with Gasteiger partial charge >= 0.3 is 0 Å². The highest BCUT2D eigenvalue weighted by Crippen LogP contribution is 2.66. The number of ether oxygens (including phenoxy) is 1. The Hall–Kier alpha value is -2.83. The van der Waals surface area contributed by atoms with Crippen molar-refractivity contribution in [1.82, 2.24) is 9.80 Å². The first-order valence-corrected chi connectivity index (χ1v) is 13.8. The maximum absolute atomic E-state index is 13.4. The first-order chi connectivity index (χ1) is 17.8. The molecule has 1 amide bonds. The molecule has 0 radical (unpaired) electrons. The van der Waals surface area contributed by atoms with E-state index >= 15 is 0 Å². The summed E-state index contributed by atoms with van der Waals surface area (Å²) in [5, 5.41) is 23.4. The molecular weight excluding hydrogens is 464 g/mol. The average molecular weight is 501 g/mol. The molecule has 2 bridgehead atoms. The van der Waals surface area contributed by atoms with Crippen molar-refractivity contribution in [3.8, 4) is 11.5 Å². The number of benzene rings is 2. The van der Waals surface area contributed by atoms with E-state index in [0.29, 0.717) is 18.6 Å². The number of rotatable bonds is 5. The fourth-order valence-corrected chi connectivity index (χ4v) is 7.98. The zero-order valence-electron chi connectivity index (χ0n) is 21.7. The van der Waals surface area contributed by atoms with Gasteiger partial charge in [-0.1, -0.05) is 35.9 Å². The van der Waals surface area contributed by atoms with Gasteiger partial charge in [-0.15, -0.1) is 0 Å². The lowest BCUT2D eigenvalue weighted by Gasteiger charge is -2.64. The Morgan fingerprint density at radius 3 is 2.70 bits per heavy atom. The van der Waals surface area contributed by atoms with Crippen molar-refractivity contribution >= 4 is 12.0 Å². The van der Waals surface area contributed by atoms with Crippen LogP contribution in [0, 0.1) is 12.8 Å². The average Bonchev–Trinajstić information content (AvgIpc) is 3.63. The van der Waals surface area contributed by atoms with Gasteiger partial charge in [-0.3, -0.25) is 9.69 Å².